The summed E-state index contributed by atoms with van der Waals surface area (Å²) >= 11 is 0. The van der Waals surface area contributed by atoms with Gasteiger partial charge in [-0.15, -0.1) is 0 Å². The second-order valence-electron chi connectivity index (χ2n) is 5.02. The molecule has 1 aromatic heterocycles. The van der Waals surface area contributed by atoms with Gasteiger partial charge in [-0.05, 0) is 23.6 Å². The minimum absolute atomic E-state index is 0.0292. The maximum Gasteiger partial charge on any atom is 0.417 e. The highest BCUT2D eigenvalue weighted by Crippen LogP contribution is 2.34. The van der Waals surface area contributed by atoms with E-state index in [9.17, 15) is 13.2 Å². The molecule has 0 bridgehead atoms. The molecule has 2 rings (SSSR count). The van der Waals surface area contributed by atoms with Crippen LogP contribution in [0.15, 0.2) is 36.5 Å². The number of pyridine rings is 1. The van der Waals surface area contributed by atoms with E-state index in [-0.39, 0.29) is 17.4 Å². The van der Waals surface area contributed by atoms with Gasteiger partial charge in [0.2, 0.25) is 0 Å². The molecule has 2 aromatic rings. The van der Waals surface area contributed by atoms with Crippen LogP contribution >= 0.6 is 0 Å². The first-order valence-corrected chi connectivity index (χ1v) is 6.47. The van der Waals surface area contributed by atoms with Gasteiger partial charge < -0.3 is 11.1 Å². The monoisotopic (exact) mass is 295 g/mol. The van der Waals surface area contributed by atoms with Crippen LogP contribution in [0.3, 0.4) is 0 Å². The summed E-state index contributed by atoms with van der Waals surface area (Å²) in [6.07, 6.45) is -3.72. The third-order valence-corrected chi connectivity index (χ3v) is 3.10. The Hall–Kier alpha value is -2.24. The van der Waals surface area contributed by atoms with E-state index in [0.717, 1.165) is 23.5 Å². The molecule has 0 aliphatic carbocycles. The Kier molecular flexibility index (Phi) is 4.06. The summed E-state index contributed by atoms with van der Waals surface area (Å²) in [4.78, 5) is 3.61. The van der Waals surface area contributed by atoms with Crippen molar-refractivity contribution in [3.05, 3.63) is 47.7 Å². The van der Waals surface area contributed by atoms with Crippen LogP contribution < -0.4 is 11.1 Å². The third-order valence-electron chi connectivity index (χ3n) is 3.10. The molecule has 0 unspecified atom stereocenters. The van der Waals surface area contributed by atoms with Gasteiger partial charge in [0.1, 0.15) is 5.82 Å². The number of aromatic nitrogens is 1. The summed E-state index contributed by atoms with van der Waals surface area (Å²) in [5.74, 6) is 0.259. The van der Waals surface area contributed by atoms with Crippen LogP contribution in [0, 0.1) is 0 Å². The molecule has 0 radical (unpaired) electrons. The lowest BCUT2D eigenvalue weighted by Crippen LogP contribution is -2.09. The van der Waals surface area contributed by atoms with Crippen LogP contribution in [-0.2, 0) is 6.18 Å². The summed E-state index contributed by atoms with van der Waals surface area (Å²) in [5, 5.41) is 2.95. The number of alkyl halides is 3. The maximum atomic E-state index is 12.7. The van der Waals surface area contributed by atoms with E-state index in [4.69, 9.17) is 5.73 Å². The Morgan fingerprint density at radius 1 is 1.14 bits per heavy atom. The highest BCUT2D eigenvalue weighted by Gasteiger charge is 2.31. The van der Waals surface area contributed by atoms with Gasteiger partial charge in [0.15, 0.2) is 0 Å². The normalized spacial score (nSPS) is 11.7. The van der Waals surface area contributed by atoms with Gasteiger partial charge >= 0.3 is 6.18 Å². The minimum atomic E-state index is -4.45. The van der Waals surface area contributed by atoms with Gasteiger partial charge in [0.25, 0.3) is 0 Å². The second kappa shape index (κ2) is 5.63. The molecule has 0 spiro atoms. The van der Waals surface area contributed by atoms with Crippen LogP contribution in [0.25, 0.3) is 0 Å². The van der Waals surface area contributed by atoms with Crippen molar-refractivity contribution in [2.24, 2.45) is 0 Å². The van der Waals surface area contributed by atoms with Crippen molar-refractivity contribution in [3.63, 3.8) is 0 Å². The molecule has 6 heteroatoms. The van der Waals surface area contributed by atoms with Gasteiger partial charge in [-0.25, -0.2) is 4.98 Å². The molecule has 1 aromatic carbocycles. The quantitative estimate of drug-likeness (QED) is 0.873. The molecular formula is C15H16F3N3. The molecule has 21 heavy (non-hydrogen) atoms. The van der Waals surface area contributed by atoms with Crippen LogP contribution in [0.1, 0.15) is 30.9 Å². The van der Waals surface area contributed by atoms with Crippen LogP contribution in [0.5, 0.6) is 0 Å². The molecule has 3 N–H and O–H groups in total. The van der Waals surface area contributed by atoms with Crippen molar-refractivity contribution in [1.82, 2.24) is 4.98 Å². The van der Waals surface area contributed by atoms with Crippen LogP contribution in [-0.4, -0.2) is 4.98 Å². The molecule has 0 saturated carbocycles. The Morgan fingerprint density at radius 2 is 1.81 bits per heavy atom. The number of nitrogen functional groups attached to an aromatic ring is 1. The van der Waals surface area contributed by atoms with Crippen LogP contribution in [0.2, 0.25) is 0 Å². The molecule has 0 aliphatic heterocycles. The maximum absolute atomic E-state index is 12.7. The standard InChI is InChI=1S/C15H16F3N3/c1-9(2)11-5-3-4-6-12(11)21-13-7-10(15(16,17)18)8-20-14(13)19/h3-9,21H,1-2H3,(H2,19,20). The summed E-state index contributed by atoms with van der Waals surface area (Å²) in [7, 11) is 0. The van der Waals surface area contributed by atoms with E-state index in [1.54, 1.807) is 6.07 Å². The summed E-state index contributed by atoms with van der Waals surface area (Å²) in [6, 6.07) is 8.39. The highest BCUT2D eigenvalue weighted by atomic mass is 19.4. The number of hydrogen-bond donors (Lipinski definition) is 2. The first-order chi connectivity index (χ1) is 9.79. The van der Waals surface area contributed by atoms with Crippen molar-refractivity contribution >= 4 is 17.2 Å². The van der Waals surface area contributed by atoms with Crippen molar-refractivity contribution in [3.8, 4) is 0 Å². The zero-order chi connectivity index (χ0) is 15.6. The van der Waals surface area contributed by atoms with E-state index in [1.807, 2.05) is 32.0 Å². The average molecular weight is 295 g/mol. The number of rotatable bonds is 3. The first kappa shape index (κ1) is 15.2. The lowest BCUT2D eigenvalue weighted by molar-refractivity contribution is -0.137. The first-order valence-electron chi connectivity index (χ1n) is 6.47. The molecular weight excluding hydrogens is 279 g/mol. The van der Waals surface area contributed by atoms with Crippen molar-refractivity contribution < 1.29 is 13.2 Å². The Labute approximate surface area is 121 Å². The lowest BCUT2D eigenvalue weighted by atomic mass is 10.0. The Balaban J connectivity index is 2.40. The predicted octanol–water partition coefficient (Wildman–Crippen LogP) is 4.55. The number of para-hydroxylation sites is 1. The van der Waals surface area contributed by atoms with Gasteiger partial charge in [0.05, 0.1) is 11.3 Å². The van der Waals surface area contributed by atoms with E-state index in [2.05, 4.69) is 10.3 Å². The lowest BCUT2D eigenvalue weighted by Gasteiger charge is -2.16. The molecule has 0 saturated heterocycles. The number of anilines is 3. The highest BCUT2D eigenvalue weighted by molar-refractivity contribution is 5.72. The fourth-order valence-corrected chi connectivity index (χ4v) is 1.99. The van der Waals surface area contributed by atoms with E-state index in [1.165, 1.54) is 0 Å². The summed E-state index contributed by atoms with van der Waals surface area (Å²) < 4.78 is 38.2. The van der Waals surface area contributed by atoms with Crippen LogP contribution in [0.4, 0.5) is 30.4 Å². The Bertz CT molecular complexity index is 636. The largest absolute Gasteiger partial charge is 0.417 e. The van der Waals surface area contributed by atoms with Gasteiger partial charge in [-0.3, -0.25) is 0 Å². The zero-order valence-electron chi connectivity index (χ0n) is 11.7. The number of nitrogens with two attached hydrogens (primary N) is 1. The van der Waals surface area contributed by atoms with Gasteiger partial charge in [-0.1, -0.05) is 32.0 Å². The topological polar surface area (TPSA) is 50.9 Å². The number of benzene rings is 1. The summed E-state index contributed by atoms with van der Waals surface area (Å²) in [5.41, 5.74) is 6.70. The fraction of sp³-hybridized carbons (Fsp3) is 0.267. The molecule has 112 valence electrons. The average Bonchev–Trinajstić information content (AvgIpc) is 2.40. The van der Waals surface area contributed by atoms with Gasteiger partial charge in [0, 0.05) is 11.9 Å². The molecule has 3 nitrogen and oxygen atoms in total. The number of halogens is 3. The Morgan fingerprint density at radius 3 is 2.43 bits per heavy atom. The second-order valence-corrected chi connectivity index (χ2v) is 5.02. The summed E-state index contributed by atoms with van der Waals surface area (Å²) in [6.45, 7) is 4.02. The SMILES string of the molecule is CC(C)c1ccccc1Nc1cc(C(F)(F)F)cnc1N. The number of hydrogen-bond acceptors (Lipinski definition) is 3. The predicted molar refractivity (Wildman–Crippen MR) is 77.5 cm³/mol. The number of nitrogens with zero attached hydrogens (tertiary/aromatic N) is 1. The van der Waals surface area contributed by atoms with E-state index >= 15 is 0 Å². The molecule has 0 amide bonds. The number of nitrogens with one attached hydrogen (secondary N) is 1. The fourth-order valence-electron chi connectivity index (χ4n) is 1.99. The van der Waals surface area contributed by atoms with Gasteiger partial charge in [-0.2, -0.15) is 13.2 Å². The van der Waals surface area contributed by atoms with E-state index < -0.39 is 11.7 Å². The van der Waals surface area contributed by atoms with E-state index in [0.29, 0.717) is 0 Å². The third kappa shape index (κ3) is 3.45. The molecule has 0 fully saturated rings. The molecule has 0 aliphatic rings. The van der Waals surface area contributed by atoms with Crippen molar-refractivity contribution in [2.45, 2.75) is 25.9 Å². The molecule has 0 atom stereocenters. The zero-order valence-corrected chi connectivity index (χ0v) is 11.7. The van der Waals surface area contributed by atoms with Crippen molar-refractivity contribution in [1.29, 1.82) is 0 Å². The van der Waals surface area contributed by atoms with Crippen molar-refractivity contribution in [2.75, 3.05) is 11.1 Å². The minimum Gasteiger partial charge on any atom is -0.382 e. The smallest absolute Gasteiger partial charge is 0.382 e. The molecule has 1 heterocycles.